The van der Waals surface area contributed by atoms with Gasteiger partial charge in [0.1, 0.15) is 0 Å². The normalized spacial score (nSPS) is 12.4. The Bertz CT molecular complexity index is 561. The average molecular weight is 375 g/mol. The largest absolute Gasteiger partial charge is 0.416 e. The van der Waals surface area contributed by atoms with Crippen LogP contribution in [0.2, 0.25) is 0 Å². The lowest BCUT2D eigenvalue weighted by Gasteiger charge is -2.12. The first-order chi connectivity index (χ1) is 9.14. The van der Waals surface area contributed by atoms with Crippen LogP contribution in [0.25, 0.3) is 0 Å². The molecule has 114 valence electrons. The van der Waals surface area contributed by atoms with Crippen molar-refractivity contribution < 1.29 is 21.6 Å². The first-order valence-electron chi connectivity index (χ1n) is 5.67. The SMILES string of the molecule is CNCCCS(=O)(=O)Nc1cc(Br)cc(C(F)(F)F)c1. The molecule has 9 heteroatoms. The zero-order valence-corrected chi connectivity index (χ0v) is 13.0. The highest BCUT2D eigenvalue weighted by Gasteiger charge is 2.31. The summed E-state index contributed by atoms with van der Waals surface area (Å²) >= 11 is 2.93. The average Bonchev–Trinajstić information content (AvgIpc) is 2.26. The molecule has 20 heavy (non-hydrogen) atoms. The Morgan fingerprint density at radius 1 is 1.25 bits per heavy atom. The predicted molar refractivity (Wildman–Crippen MR) is 75.1 cm³/mol. The molecule has 2 N–H and O–H groups in total. The summed E-state index contributed by atoms with van der Waals surface area (Å²) in [5, 5.41) is 2.79. The van der Waals surface area contributed by atoms with Gasteiger partial charge in [-0.2, -0.15) is 13.2 Å². The van der Waals surface area contributed by atoms with Gasteiger partial charge in [-0.05, 0) is 38.2 Å². The minimum Gasteiger partial charge on any atom is -0.320 e. The lowest BCUT2D eigenvalue weighted by molar-refractivity contribution is -0.137. The van der Waals surface area contributed by atoms with E-state index in [0.717, 1.165) is 12.1 Å². The molecule has 1 aromatic carbocycles. The van der Waals surface area contributed by atoms with Crippen molar-refractivity contribution in [2.24, 2.45) is 0 Å². The molecule has 0 bridgehead atoms. The zero-order chi connectivity index (χ0) is 15.4. The number of nitrogens with one attached hydrogen (secondary N) is 2. The Hall–Kier alpha value is -0.800. The maximum atomic E-state index is 12.6. The van der Waals surface area contributed by atoms with Crippen LogP contribution in [0.1, 0.15) is 12.0 Å². The van der Waals surface area contributed by atoms with E-state index in [0.29, 0.717) is 13.0 Å². The minimum atomic E-state index is -4.53. The van der Waals surface area contributed by atoms with Gasteiger partial charge < -0.3 is 5.32 Å². The molecule has 0 fully saturated rings. The highest BCUT2D eigenvalue weighted by atomic mass is 79.9. The number of alkyl halides is 3. The molecule has 1 rings (SSSR count). The fourth-order valence-corrected chi connectivity index (χ4v) is 3.08. The van der Waals surface area contributed by atoms with Crippen LogP contribution in [0.3, 0.4) is 0 Å². The maximum absolute atomic E-state index is 12.6. The molecule has 0 saturated heterocycles. The van der Waals surface area contributed by atoms with E-state index in [-0.39, 0.29) is 15.9 Å². The number of hydrogen-bond donors (Lipinski definition) is 2. The number of rotatable bonds is 6. The smallest absolute Gasteiger partial charge is 0.320 e. The number of sulfonamides is 1. The first kappa shape index (κ1) is 17.3. The highest BCUT2D eigenvalue weighted by molar-refractivity contribution is 9.10. The number of halogens is 4. The third-order valence-corrected chi connectivity index (χ3v) is 4.17. The van der Waals surface area contributed by atoms with Crippen molar-refractivity contribution >= 4 is 31.6 Å². The number of hydrogen-bond acceptors (Lipinski definition) is 3. The third-order valence-electron chi connectivity index (χ3n) is 2.34. The van der Waals surface area contributed by atoms with E-state index in [9.17, 15) is 21.6 Å². The van der Waals surface area contributed by atoms with Gasteiger partial charge in [-0.25, -0.2) is 8.42 Å². The van der Waals surface area contributed by atoms with E-state index in [1.54, 1.807) is 7.05 Å². The van der Waals surface area contributed by atoms with Crippen molar-refractivity contribution in [2.45, 2.75) is 12.6 Å². The van der Waals surface area contributed by atoms with E-state index in [2.05, 4.69) is 26.0 Å². The van der Waals surface area contributed by atoms with Crippen molar-refractivity contribution in [3.8, 4) is 0 Å². The van der Waals surface area contributed by atoms with Gasteiger partial charge in [-0.1, -0.05) is 15.9 Å². The Labute approximate surface area is 123 Å². The van der Waals surface area contributed by atoms with E-state index in [1.807, 2.05) is 0 Å². The Morgan fingerprint density at radius 3 is 2.45 bits per heavy atom. The number of benzene rings is 1. The van der Waals surface area contributed by atoms with E-state index >= 15 is 0 Å². The molecule has 0 atom stereocenters. The lowest BCUT2D eigenvalue weighted by Crippen LogP contribution is -2.20. The molecular formula is C11H14BrF3N2O2S. The maximum Gasteiger partial charge on any atom is 0.416 e. The number of anilines is 1. The summed E-state index contributed by atoms with van der Waals surface area (Å²) in [5.41, 5.74) is -1.03. The molecule has 0 spiro atoms. The van der Waals surface area contributed by atoms with Crippen LogP contribution < -0.4 is 10.0 Å². The molecule has 1 aromatic rings. The van der Waals surface area contributed by atoms with Crippen molar-refractivity contribution in [1.82, 2.24) is 5.32 Å². The third kappa shape index (κ3) is 5.68. The monoisotopic (exact) mass is 374 g/mol. The topological polar surface area (TPSA) is 58.2 Å². The quantitative estimate of drug-likeness (QED) is 0.752. The molecule has 0 radical (unpaired) electrons. The molecule has 0 heterocycles. The van der Waals surface area contributed by atoms with Crippen LogP contribution in [0.15, 0.2) is 22.7 Å². The molecule has 0 unspecified atom stereocenters. The fourth-order valence-electron chi connectivity index (χ4n) is 1.48. The van der Waals surface area contributed by atoms with E-state index < -0.39 is 21.8 Å². The summed E-state index contributed by atoms with van der Waals surface area (Å²) in [5.74, 6) is -0.165. The van der Waals surface area contributed by atoms with Gasteiger partial charge in [-0.3, -0.25) is 4.72 Å². The van der Waals surface area contributed by atoms with E-state index in [1.165, 1.54) is 6.07 Å². The van der Waals surface area contributed by atoms with Gasteiger partial charge in [0.25, 0.3) is 0 Å². The molecule has 4 nitrogen and oxygen atoms in total. The lowest BCUT2D eigenvalue weighted by atomic mass is 10.2. The van der Waals surface area contributed by atoms with Crippen molar-refractivity contribution in [2.75, 3.05) is 24.1 Å². The second-order valence-corrected chi connectivity index (χ2v) is 6.86. The fraction of sp³-hybridized carbons (Fsp3) is 0.455. The molecule has 0 saturated carbocycles. The molecule has 0 amide bonds. The van der Waals surface area contributed by atoms with Gasteiger partial charge in [-0.15, -0.1) is 0 Å². The summed E-state index contributed by atoms with van der Waals surface area (Å²) in [6.45, 7) is 0.507. The van der Waals surface area contributed by atoms with Crippen LogP contribution in [0.4, 0.5) is 18.9 Å². The molecule has 0 aliphatic heterocycles. The van der Waals surface area contributed by atoms with Crippen LogP contribution in [-0.4, -0.2) is 27.8 Å². The summed E-state index contributed by atoms with van der Waals surface area (Å²) in [6, 6.07) is 2.93. The van der Waals surface area contributed by atoms with Gasteiger partial charge in [0.15, 0.2) is 0 Å². The summed E-state index contributed by atoms with van der Waals surface area (Å²) < 4.78 is 63.6. The Morgan fingerprint density at radius 2 is 1.90 bits per heavy atom. The van der Waals surface area contributed by atoms with Gasteiger partial charge in [0.05, 0.1) is 17.0 Å². The second kappa shape index (κ2) is 6.77. The Kier molecular flexibility index (Phi) is 5.84. The van der Waals surface area contributed by atoms with Crippen LogP contribution in [0, 0.1) is 0 Å². The summed E-state index contributed by atoms with van der Waals surface area (Å²) in [4.78, 5) is 0. The molecular weight excluding hydrogens is 361 g/mol. The zero-order valence-electron chi connectivity index (χ0n) is 10.6. The Balaban J connectivity index is 2.90. The van der Waals surface area contributed by atoms with Crippen molar-refractivity contribution in [3.63, 3.8) is 0 Å². The minimum absolute atomic E-state index is 0.115. The first-order valence-corrected chi connectivity index (χ1v) is 8.11. The predicted octanol–water partition coefficient (Wildman–Crippen LogP) is 2.82. The van der Waals surface area contributed by atoms with Crippen LogP contribution >= 0.6 is 15.9 Å². The summed E-state index contributed by atoms with van der Waals surface area (Å²) in [7, 11) is -1.98. The van der Waals surface area contributed by atoms with Crippen LogP contribution in [0.5, 0.6) is 0 Å². The molecule has 0 aliphatic carbocycles. The second-order valence-electron chi connectivity index (χ2n) is 4.10. The van der Waals surface area contributed by atoms with Crippen molar-refractivity contribution in [3.05, 3.63) is 28.2 Å². The standard InChI is InChI=1S/C11H14BrF3N2O2S/c1-16-3-2-4-20(18,19)17-10-6-8(11(13,14)15)5-9(12)7-10/h5-7,16-17H,2-4H2,1H3. The molecule has 0 aromatic heterocycles. The van der Waals surface area contributed by atoms with E-state index in [4.69, 9.17) is 0 Å². The van der Waals surface area contributed by atoms with Crippen LogP contribution in [-0.2, 0) is 16.2 Å². The van der Waals surface area contributed by atoms with Crippen molar-refractivity contribution in [1.29, 1.82) is 0 Å². The molecule has 0 aliphatic rings. The summed E-state index contributed by atoms with van der Waals surface area (Å²) in [6.07, 6.45) is -4.16. The highest BCUT2D eigenvalue weighted by Crippen LogP contribution is 2.33. The van der Waals surface area contributed by atoms with Gasteiger partial charge in [0.2, 0.25) is 10.0 Å². The van der Waals surface area contributed by atoms with Gasteiger partial charge >= 0.3 is 6.18 Å². The van der Waals surface area contributed by atoms with Gasteiger partial charge in [0, 0.05) is 4.47 Å².